The number of halogens is 2. The van der Waals surface area contributed by atoms with Gasteiger partial charge in [-0.1, -0.05) is 19.8 Å². The standard InChI is InChI=1S/C15H17Br2NO2/c1-3-4-5-6-9-10-7-11(16)13(19)8-12(10)18(2)15(20)14(9)17/h7-8,19H,3-6H2,1-2H3. The van der Waals surface area contributed by atoms with Crippen LogP contribution in [0.15, 0.2) is 25.9 Å². The molecule has 0 saturated heterocycles. The fourth-order valence-electron chi connectivity index (χ4n) is 2.37. The lowest BCUT2D eigenvalue weighted by molar-refractivity contribution is 0.472. The van der Waals surface area contributed by atoms with Gasteiger partial charge in [0.15, 0.2) is 0 Å². The predicted octanol–water partition coefficient (Wildman–Crippen LogP) is 4.50. The van der Waals surface area contributed by atoms with E-state index in [1.54, 1.807) is 17.7 Å². The van der Waals surface area contributed by atoms with Crippen LogP contribution in [0.4, 0.5) is 0 Å². The highest BCUT2D eigenvalue weighted by atomic mass is 79.9. The molecule has 0 atom stereocenters. The van der Waals surface area contributed by atoms with Crippen molar-refractivity contribution < 1.29 is 5.11 Å². The van der Waals surface area contributed by atoms with Crippen LogP contribution in [0.2, 0.25) is 0 Å². The second-order valence-corrected chi connectivity index (χ2v) is 6.58. The van der Waals surface area contributed by atoms with Crippen molar-refractivity contribution in [2.24, 2.45) is 7.05 Å². The van der Waals surface area contributed by atoms with E-state index in [-0.39, 0.29) is 11.3 Å². The minimum atomic E-state index is -0.0641. The number of aryl methyl sites for hydroxylation is 2. The van der Waals surface area contributed by atoms with E-state index in [0.717, 1.165) is 42.1 Å². The Balaban J connectivity index is 2.71. The lowest BCUT2D eigenvalue weighted by atomic mass is 10.0. The third kappa shape index (κ3) is 2.79. The van der Waals surface area contributed by atoms with Gasteiger partial charge in [-0.15, -0.1) is 0 Å². The van der Waals surface area contributed by atoms with Crippen LogP contribution in [0.25, 0.3) is 10.9 Å². The number of phenols is 1. The van der Waals surface area contributed by atoms with Crippen molar-refractivity contribution in [1.82, 2.24) is 4.57 Å². The van der Waals surface area contributed by atoms with E-state index in [1.165, 1.54) is 0 Å². The fraction of sp³-hybridized carbons (Fsp3) is 0.400. The SMILES string of the molecule is CCCCCc1c(Br)c(=O)n(C)c2cc(O)c(Br)cc12. The van der Waals surface area contributed by atoms with Gasteiger partial charge in [0.25, 0.3) is 5.56 Å². The molecule has 0 aliphatic carbocycles. The number of hydrogen-bond donors (Lipinski definition) is 1. The Hall–Kier alpha value is -0.810. The summed E-state index contributed by atoms with van der Waals surface area (Å²) in [5, 5.41) is 10.8. The third-order valence-corrected chi connectivity index (χ3v) is 4.99. The molecule has 2 rings (SSSR count). The van der Waals surface area contributed by atoms with Crippen molar-refractivity contribution in [2.75, 3.05) is 0 Å². The van der Waals surface area contributed by atoms with Gasteiger partial charge in [-0.05, 0) is 56.3 Å². The molecule has 0 unspecified atom stereocenters. The summed E-state index contributed by atoms with van der Waals surface area (Å²) in [6, 6.07) is 3.52. The van der Waals surface area contributed by atoms with Gasteiger partial charge >= 0.3 is 0 Å². The molecule has 2 aromatic rings. The largest absolute Gasteiger partial charge is 0.507 e. The highest BCUT2D eigenvalue weighted by Crippen LogP contribution is 2.33. The second-order valence-electron chi connectivity index (χ2n) is 4.93. The summed E-state index contributed by atoms with van der Waals surface area (Å²) < 4.78 is 2.84. The van der Waals surface area contributed by atoms with Crippen molar-refractivity contribution in [3.8, 4) is 5.75 Å². The average Bonchev–Trinajstić information content (AvgIpc) is 2.43. The van der Waals surface area contributed by atoms with Crippen molar-refractivity contribution in [3.05, 3.63) is 37.0 Å². The van der Waals surface area contributed by atoms with Crippen molar-refractivity contribution >= 4 is 42.8 Å². The molecule has 1 heterocycles. The molecule has 3 nitrogen and oxygen atoms in total. The Labute approximate surface area is 134 Å². The molecule has 0 saturated carbocycles. The van der Waals surface area contributed by atoms with Crippen LogP contribution in [0.5, 0.6) is 5.75 Å². The molecule has 1 N–H and O–H groups in total. The average molecular weight is 403 g/mol. The minimum absolute atomic E-state index is 0.0641. The zero-order valence-electron chi connectivity index (χ0n) is 11.5. The number of nitrogens with zero attached hydrogens (tertiary/aromatic N) is 1. The maximum atomic E-state index is 12.3. The van der Waals surface area contributed by atoms with Crippen LogP contribution < -0.4 is 5.56 Å². The molecule has 1 aromatic heterocycles. The minimum Gasteiger partial charge on any atom is -0.507 e. The van der Waals surface area contributed by atoms with E-state index in [9.17, 15) is 9.90 Å². The summed E-state index contributed by atoms with van der Waals surface area (Å²) in [6.45, 7) is 2.16. The molecule has 0 fully saturated rings. The van der Waals surface area contributed by atoms with Gasteiger partial charge in [0.05, 0.1) is 14.5 Å². The van der Waals surface area contributed by atoms with Gasteiger partial charge in [0, 0.05) is 18.5 Å². The molecule has 0 bridgehead atoms. The predicted molar refractivity (Wildman–Crippen MR) is 89.5 cm³/mol. The van der Waals surface area contributed by atoms with E-state index in [4.69, 9.17) is 0 Å². The van der Waals surface area contributed by atoms with Gasteiger partial charge in [-0.3, -0.25) is 4.79 Å². The van der Waals surface area contributed by atoms with Crippen LogP contribution in [-0.2, 0) is 13.5 Å². The van der Waals surface area contributed by atoms with Crippen LogP contribution in [0, 0.1) is 0 Å². The van der Waals surface area contributed by atoms with E-state index in [1.807, 2.05) is 6.07 Å². The monoisotopic (exact) mass is 401 g/mol. The first kappa shape index (κ1) is 15.6. The van der Waals surface area contributed by atoms with Crippen LogP contribution in [0.3, 0.4) is 0 Å². The Bertz CT molecular complexity index is 707. The molecule has 0 amide bonds. The zero-order chi connectivity index (χ0) is 14.9. The summed E-state index contributed by atoms with van der Waals surface area (Å²) in [5.41, 5.74) is 1.72. The van der Waals surface area contributed by atoms with Gasteiger partial charge in [0.1, 0.15) is 5.75 Å². The zero-order valence-corrected chi connectivity index (χ0v) is 14.7. The molecular formula is C15H17Br2NO2. The molecule has 0 aliphatic heterocycles. The van der Waals surface area contributed by atoms with Crippen molar-refractivity contribution in [3.63, 3.8) is 0 Å². The Morgan fingerprint density at radius 1 is 1.25 bits per heavy atom. The number of unbranched alkanes of at least 4 members (excludes halogenated alkanes) is 2. The maximum absolute atomic E-state index is 12.3. The van der Waals surface area contributed by atoms with Gasteiger partial charge in [-0.25, -0.2) is 0 Å². The lowest BCUT2D eigenvalue weighted by Gasteiger charge is -2.13. The number of benzene rings is 1. The molecule has 5 heteroatoms. The Morgan fingerprint density at radius 2 is 1.95 bits per heavy atom. The Kier molecular flexibility index (Phi) is 4.91. The van der Waals surface area contributed by atoms with Gasteiger partial charge < -0.3 is 9.67 Å². The first-order valence-electron chi connectivity index (χ1n) is 6.67. The highest BCUT2D eigenvalue weighted by molar-refractivity contribution is 9.10. The number of rotatable bonds is 4. The first-order chi connectivity index (χ1) is 9.47. The molecule has 20 heavy (non-hydrogen) atoms. The van der Waals surface area contributed by atoms with Gasteiger partial charge in [0.2, 0.25) is 0 Å². The van der Waals surface area contributed by atoms with Crippen molar-refractivity contribution in [2.45, 2.75) is 32.6 Å². The van der Waals surface area contributed by atoms with Crippen LogP contribution in [0.1, 0.15) is 31.7 Å². The van der Waals surface area contributed by atoms with E-state index in [0.29, 0.717) is 8.95 Å². The highest BCUT2D eigenvalue weighted by Gasteiger charge is 2.14. The third-order valence-electron chi connectivity index (χ3n) is 3.54. The summed E-state index contributed by atoms with van der Waals surface area (Å²) in [6.07, 6.45) is 4.20. The maximum Gasteiger partial charge on any atom is 0.265 e. The van der Waals surface area contributed by atoms with E-state index >= 15 is 0 Å². The normalized spacial score (nSPS) is 11.2. The topological polar surface area (TPSA) is 42.2 Å². The first-order valence-corrected chi connectivity index (χ1v) is 8.25. The number of fused-ring (bicyclic) bond motifs is 1. The Morgan fingerprint density at radius 3 is 2.60 bits per heavy atom. The molecule has 0 spiro atoms. The summed E-state index contributed by atoms with van der Waals surface area (Å²) in [5.74, 6) is 0.148. The van der Waals surface area contributed by atoms with Crippen LogP contribution in [-0.4, -0.2) is 9.67 Å². The number of aromatic nitrogens is 1. The quantitative estimate of drug-likeness (QED) is 0.764. The second kappa shape index (κ2) is 6.31. The van der Waals surface area contributed by atoms with Crippen LogP contribution >= 0.6 is 31.9 Å². The summed E-state index contributed by atoms with van der Waals surface area (Å²) in [7, 11) is 1.72. The van der Waals surface area contributed by atoms with E-state index < -0.39 is 0 Å². The molecular weight excluding hydrogens is 386 g/mol. The number of aromatic hydroxyl groups is 1. The fourth-order valence-corrected chi connectivity index (χ4v) is 3.39. The number of hydrogen-bond acceptors (Lipinski definition) is 2. The van der Waals surface area contributed by atoms with E-state index in [2.05, 4.69) is 38.8 Å². The van der Waals surface area contributed by atoms with Crippen molar-refractivity contribution in [1.29, 1.82) is 0 Å². The molecule has 0 aliphatic rings. The summed E-state index contributed by atoms with van der Waals surface area (Å²) in [4.78, 5) is 12.3. The molecule has 0 radical (unpaired) electrons. The number of pyridine rings is 1. The molecule has 108 valence electrons. The van der Waals surface area contributed by atoms with Gasteiger partial charge in [-0.2, -0.15) is 0 Å². The lowest BCUT2D eigenvalue weighted by Crippen LogP contribution is -2.20. The molecule has 1 aromatic carbocycles. The summed E-state index contributed by atoms with van der Waals surface area (Å²) >= 11 is 6.78. The smallest absolute Gasteiger partial charge is 0.265 e. The number of phenolic OH excluding ortho intramolecular Hbond substituents is 1.